The number of hydrogen-bond donors (Lipinski definition) is 1. The predicted molar refractivity (Wildman–Crippen MR) is 90.6 cm³/mol. The molecule has 0 radical (unpaired) electrons. The van der Waals surface area contributed by atoms with Crippen molar-refractivity contribution >= 4 is 5.91 Å². The Hall–Kier alpha value is -1.66. The first-order valence-electron chi connectivity index (χ1n) is 8.61. The summed E-state index contributed by atoms with van der Waals surface area (Å²) in [7, 11) is 0. The molecule has 1 aromatic carbocycles. The standard InChI is InChI=1S/C18H27FN2O3/c1-15(7-8-21-9-12-23-13-10-21)20-18(22)6-3-11-24-17-5-2-4-16(19)14-17/h2,4-5,14-15H,3,6-13H2,1H3,(H,20,22)/t15-/m0/s1. The Bertz CT molecular complexity index is 507. The molecule has 0 bridgehead atoms. The molecule has 0 unspecified atom stereocenters. The second kappa shape index (κ2) is 10.3. The van der Waals surface area contributed by atoms with Crippen molar-refractivity contribution in [2.75, 3.05) is 39.5 Å². The average molecular weight is 338 g/mol. The van der Waals surface area contributed by atoms with Gasteiger partial charge in [0.1, 0.15) is 11.6 Å². The minimum Gasteiger partial charge on any atom is -0.493 e. The van der Waals surface area contributed by atoms with E-state index in [4.69, 9.17) is 9.47 Å². The number of amides is 1. The van der Waals surface area contributed by atoms with Crippen molar-refractivity contribution in [2.45, 2.75) is 32.2 Å². The maximum absolute atomic E-state index is 13.0. The average Bonchev–Trinajstić information content (AvgIpc) is 2.58. The van der Waals surface area contributed by atoms with Crippen LogP contribution in [0.15, 0.2) is 24.3 Å². The van der Waals surface area contributed by atoms with Gasteiger partial charge in [0.2, 0.25) is 5.91 Å². The van der Waals surface area contributed by atoms with Crippen LogP contribution in [0.3, 0.4) is 0 Å². The minimum absolute atomic E-state index is 0.0346. The van der Waals surface area contributed by atoms with Gasteiger partial charge in [-0.15, -0.1) is 0 Å². The predicted octanol–water partition coefficient (Wildman–Crippen LogP) is 2.21. The summed E-state index contributed by atoms with van der Waals surface area (Å²) in [4.78, 5) is 14.3. The summed E-state index contributed by atoms with van der Waals surface area (Å²) in [6.45, 7) is 6.95. The Morgan fingerprint density at radius 3 is 2.96 bits per heavy atom. The van der Waals surface area contributed by atoms with Gasteiger partial charge >= 0.3 is 0 Å². The summed E-state index contributed by atoms with van der Waals surface area (Å²) in [5, 5.41) is 3.01. The third-order valence-corrected chi connectivity index (χ3v) is 4.00. The molecule has 1 aliphatic heterocycles. The number of benzene rings is 1. The zero-order valence-corrected chi connectivity index (χ0v) is 14.3. The Kier molecular flexibility index (Phi) is 7.98. The van der Waals surface area contributed by atoms with Crippen LogP contribution in [0.25, 0.3) is 0 Å². The number of nitrogens with one attached hydrogen (secondary N) is 1. The van der Waals surface area contributed by atoms with Crippen LogP contribution in [0.4, 0.5) is 4.39 Å². The van der Waals surface area contributed by atoms with Gasteiger partial charge in [-0.25, -0.2) is 4.39 Å². The third-order valence-electron chi connectivity index (χ3n) is 4.00. The zero-order valence-electron chi connectivity index (χ0n) is 14.3. The molecule has 1 amide bonds. The molecule has 0 aliphatic carbocycles. The van der Waals surface area contributed by atoms with Crippen molar-refractivity contribution in [2.24, 2.45) is 0 Å². The fraction of sp³-hybridized carbons (Fsp3) is 0.611. The number of nitrogens with zero attached hydrogens (tertiary/aromatic N) is 1. The number of ether oxygens (including phenoxy) is 2. The van der Waals surface area contributed by atoms with Gasteiger partial charge < -0.3 is 14.8 Å². The van der Waals surface area contributed by atoms with Crippen molar-refractivity contribution < 1.29 is 18.7 Å². The summed E-state index contributed by atoms with van der Waals surface area (Å²) in [6, 6.07) is 6.18. The lowest BCUT2D eigenvalue weighted by Crippen LogP contribution is -2.40. The summed E-state index contributed by atoms with van der Waals surface area (Å²) < 4.78 is 23.8. The lowest BCUT2D eigenvalue weighted by molar-refractivity contribution is -0.122. The molecular formula is C18H27FN2O3. The van der Waals surface area contributed by atoms with Crippen LogP contribution in [-0.2, 0) is 9.53 Å². The summed E-state index contributed by atoms with van der Waals surface area (Å²) in [5.74, 6) is 0.209. The SMILES string of the molecule is C[C@@H](CCN1CCOCC1)NC(=O)CCCOc1cccc(F)c1. The van der Waals surface area contributed by atoms with Gasteiger partial charge in [-0.3, -0.25) is 9.69 Å². The van der Waals surface area contributed by atoms with E-state index in [1.54, 1.807) is 12.1 Å². The summed E-state index contributed by atoms with van der Waals surface area (Å²) in [5.41, 5.74) is 0. The lowest BCUT2D eigenvalue weighted by atomic mass is 10.2. The van der Waals surface area contributed by atoms with E-state index in [0.717, 1.165) is 39.3 Å². The van der Waals surface area contributed by atoms with Gasteiger partial charge in [0.05, 0.1) is 19.8 Å². The molecule has 1 aromatic rings. The number of carbonyl (C=O) groups excluding carboxylic acids is 1. The van der Waals surface area contributed by atoms with Crippen molar-refractivity contribution in [1.29, 1.82) is 0 Å². The second-order valence-corrected chi connectivity index (χ2v) is 6.12. The Morgan fingerprint density at radius 2 is 2.21 bits per heavy atom. The molecule has 2 rings (SSSR count). The first kappa shape index (κ1) is 18.7. The second-order valence-electron chi connectivity index (χ2n) is 6.12. The molecule has 1 N–H and O–H groups in total. The monoisotopic (exact) mass is 338 g/mol. The van der Waals surface area contributed by atoms with E-state index in [9.17, 15) is 9.18 Å². The minimum atomic E-state index is -0.320. The van der Waals surface area contributed by atoms with Gasteiger partial charge in [-0.2, -0.15) is 0 Å². The van der Waals surface area contributed by atoms with Crippen LogP contribution in [0.1, 0.15) is 26.2 Å². The molecule has 1 aliphatic rings. The van der Waals surface area contributed by atoms with Gasteiger partial charge in [0.15, 0.2) is 0 Å². The van der Waals surface area contributed by atoms with Crippen LogP contribution in [0.2, 0.25) is 0 Å². The maximum atomic E-state index is 13.0. The summed E-state index contributed by atoms with van der Waals surface area (Å²) >= 11 is 0. The molecule has 134 valence electrons. The molecule has 6 heteroatoms. The molecule has 24 heavy (non-hydrogen) atoms. The largest absolute Gasteiger partial charge is 0.493 e. The van der Waals surface area contributed by atoms with E-state index in [1.165, 1.54) is 12.1 Å². The third kappa shape index (κ3) is 7.27. The number of hydrogen-bond acceptors (Lipinski definition) is 4. The highest BCUT2D eigenvalue weighted by molar-refractivity contribution is 5.76. The van der Waals surface area contributed by atoms with Gasteiger partial charge in [0.25, 0.3) is 0 Å². The van der Waals surface area contributed by atoms with Crippen molar-refractivity contribution in [3.8, 4) is 5.75 Å². The van der Waals surface area contributed by atoms with Crippen molar-refractivity contribution in [3.63, 3.8) is 0 Å². The van der Waals surface area contributed by atoms with Crippen LogP contribution in [-0.4, -0.2) is 56.3 Å². The summed E-state index contributed by atoms with van der Waals surface area (Å²) in [6.07, 6.45) is 1.96. The maximum Gasteiger partial charge on any atom is 0.220 e. The molecule has 0 saturated carbocycles. The van der Waals surface area contributed by atoms with Crippen LogP contribution in [0.5, 0.6) is 5.75 Å². The number of rotatable bonds is 9. The van der Waals surface area contributed by atoms with Crippen LogP contribution in [0, 0.1) is 5.82 Å². The Balaban J connectivity index is 1.53. The fourth-order valence-corrected chi connectivity index (χ4v) is 2.60. The molecule has 1 saturated heterocycles. The number of halogens is 1. The highest BCUT2D eigenvalue weighted by atomic mass is 19.1. The highest BCUT2D eigenvalue weighted by Gasteiger charge is 2.13. The molecule has 0 aromatic heterocycles. The first-order chi connectivity index (χ1) is 11.6. The van der Waals surface area contributed by atoms with E-state index in [1.807, 2.05) is 6.92 Å². The van der Waals surface area contributed by atoms with Crippen LogP contribution < -0.4 is 10.1 Å². The van der Waals surface area contributed by atoms with E-state index >= 15 is 0 Å². The Morgan fingerprint density at radius 1 is 1.42 bits per heavy atom. The molecule has 5 nitrogen and oxygen atoms in total. The van der Waals surface area contributed by atoms with E-state index in [-0.39, 0.29) is 17.8 Å². The number of carbonyl (C=O) groups is 1. The van der Waals surface area contributed by atoms with Crippen LogP contribution >= 0.6 is 0 Å². The molecular weight excluding hydrogens is 311 g/mol. The molecule has 1 atom stereocenters. The van der Waals surface area contributed by atoms with Crippen molar-refractivity contribution in [1.82, 2.24) is 10.2 Å². The quantitative estimate of drug-likeness (QED) is 0.702. The molecule has 1 heterocycles. The van der Waals surface area contributed by atoms with E-state index in [0.29, 0.717) is 25.2 Å². The fourth-order valence-electron chi connectivity index (χ4n) is 2.60. The molecule has 0 spiro atoms. The first-order valence-corrected chi connectivity index (χ1v) is 8.61. The zero-order chi connectivity index (χ0) is 17.2. The molecule has 1 fully saturated rings. The topological polar surface area (TPSA) is 50.8 Å². The van der Waals surface area contributed by atoms with Gasteiger partial charge in [-0.05, 0) is 31.9 Å². The smallest absolute Gasteiger partial charge is 0.220 e. The number of morpholine rings is 1. The Labute approximate surface area is 143 Å². The highest BCUT2D eigenvalue weighted by Crippen LogP contribution is 2.12. The van der Waals surface area contributed by atoms with Gasteiger partial charge in [-0.1, -0.05) is 6.07 Å². The van der Waals surface area contributed by atoms with Crippen molar-refractivity contribution in [3.05, 3.63) is 30.1 Å². The normalized spacial score (nSPS) is 16.6. The van der Waals surface area contributed by atoms with E-state index in [2.05, 4.69) is 10.2 Å². The van der Waals surface area contributed by atoms with Gasteiger partial charge in [0, 0.05) is 38.2 Å². The van der Waals surface area contributed by atoms with E-state index < -0.39 is 0 Å². The lowest BCUT2D eigenvalue weighted by Gasteiger charge is -2.27.